The first kappa shape index (κ1) is 14.9. The summed E-state index contributed by atoms with van der Waals surface area (Å²) in [6.45, 7) is 7.55. The third-order valence-electron chi connectivity index (χ3n) is 5.06. The van der Waals surface area contributed by atoms with Crippen LogP contribution in [0.3, 0.4) is 0 Å². The molecular weight excluding hydrogens is 365 g/mol. The largest absolute Gasteiger partial charge is 0.444 e. The van der Waals surface area contributed by atoms with Gasteiger partial charge in [0, 0.05) is 16.5 Å². The molecule has 1 aliphatic heterocycles. The highest BCUT2D eigenvalue weighted by Gasteiger charge is 2.66. The smallest absolute Gasteiger partial charge is 0.410 e. The topological polar surface area (TPSA) is 29.5 Å². The average Bonchev–Trinajstić information content (AvgIpc) is 2.24. The molecule has 3 saturated carbocycles. The normalized spacial score (nSPS) is 37.1. The van der Waals surface area contributed by atoms with E-state index in [1.54, 1.807) is 0 Å². The molecule has 0 aromatic carbocycles. The molecule has 4 fully saturated rings. The van der Waals surface area contributed by atoms with Gasteiger partial charge in [-0.1, -0.05) is 22.6 Å². The Morgan fingerprint density at radius 3 is 2.25 bits per heavy atom. The Morgan fingerprint density at radius 1 is 1.25 bits per heavy atom. The van der Waals surface area contributed by atoms with E-state index in [2.05, 4.69) is 22.6 Å². The number of carbonyl (C=O) groups is 1. The van der Waals surface area contributed by atoms with Gasteiger partial charge in [-0.05, 0) is 70.6 Å². The van der Waals surface area contributed by atoms with E-state index in [0.717, 1.165) is 31.8 Å². The number of ether oxygens (including phenoxy) is 1. The number of nitrogens with zero attached hydrogens (tertiary/aromatic N) is 1. The molecule has 1 saturated heterocycles. The van der Waals surface area contributed by atoms with Crippen LogP contribution in [-0.2, 0) is 4.74 Å². The maximum Gasteiger partial charge on any atom is 0.410 e. The Balaban J connectivity index is 1.42. The summed E-state index contributed by atoms with van der Waals surface area (Å²) in [5.41, 5.74) is 0.328. The SMILES string of the molecule is CC(C)(C)OC(=O)N1CCC(CC23CC(I)(C2)C3)CC1. The standard InChI is InChI=1S/C16H26INO2/c1-14(2,3)20-13(19)18-6-4-12(5-7-18)8-15-9-16(17,10-15)11-15/h12H,4-11H2,1-3H3. The fourth-order valence-corrected chi connectivity index (χ4v) is 6.76. The van der Waals surface area contributed by atoms with Crippen molar-refractivity contribution >= 4 is 28.7 Å². The lowest BCUT2D eigenvalue weighted by atomic mass is 9.42. The summed E-state index contributed by atoms with van der Waals surface area (Å²) < 4.78 is 6.14. The molecule has 0 atom stereocenters. The summed E-state index contributed by atoms with van der Waals surface area (Å²) in [7, 11) is 0. The Kier molecular flexibility index (Phi) is 3.54. The van der Waals surface area contributed by atoms with E-state index in [1.807, 2.05) is 25.7 Å². The highest BCUT2D eigenvalue weighted by Crippen LogP contribution is 2.74. The summed E-state index contributed by atoms with van der Waals surface area (Å²) in [5.74, 6) is 0.829. The van der Waals surface area contributed by atoms with E-state index in [9.17, 15) is 4.79 Å². The van der Waals surface area contributed by atoms with E-state index in [4.69, 9.17) is 4.74 Å². The molecule has 0 N–H and O–H groups in total. The molecule has 114 valence electrons. The molecule has 0 spiro atoms. The van der Waals surface area contributed by atoms with Crippen molar-refractivity contribution in [2.24, 2.45) is 11.3 Å². The first-order valence-electron chi connectivity index (χ1n) is 7.86. The van der Waals surface area contributed by atoms with Crippen LogP contribution < -0.4 is 0 Å². The molecule has 0 unspecified atom stereocenters. The van der Waals surface area contributed by atoms with Gasteiger partial charge in [-0.2, -0.15) is 0 Å². The van der Waals surface area contributed by atoms with Crippen LogP contribution in [0.15, 0.2) is 0 Å². The number of alkyl halides is 1. The van der Waals surface area contributed by atoms with Crippen LogP contribution in [0.25, 0.3) is 0 Å². The first-order valence-corrected chi connectivity index (χ1v) is 8.94. The van der Waals surface area contributed by atoms with Crippen molar-refractivity contribution in [1.29, 1.82) is 0 Å². The summed E-state index contributed by atoms with van der Waals surface area (Å²) in [4.78, 5) is 13.9. The summed E-state index contributed by atoms with van der Waals surface area (Å²) in [6, 6.07) is 0. The van der Waals surface area contributed by atoms with Crippen LogP contribution in [0.1, 0.15) is 59.3 Å². The number of carbonyl (C=O) groups excluding carboxylic acids is 1. The first-order chi connectivity index (χ1) is 9.19. The van der Waals surface area contributed by atoms with Gasteiger partial charge in [0.1, 0.15) is 5.60 Å². The lowest BCUT2D eigenvalue weighted by molar-refractivity contribution is -0.0867. The quantitative estimate of drug-likeness (QED) is 0.517. The summed E-state index contributed by atoms with van der Waals surface area (Å²) in [6.07, 6.45) is 7.95. The molecule has 20 heavy (non-hydrogen) atoms. The number of amides is 1. The summed E-state index contributed by atoms with van der Waals surface area (Å²) >= 11 is 2.65. The molecule has 1 amide bonds. The molecule has 4 rings (SSSR count). The van der Waals surface area contributed by atoms with Gasteiger partial charge in [0.15, 0.2) is 0 Å². The number of halogens is 1. The minimum atomic E-state index is -0.381. The van der Waals surface area contributed by atoms with Gasteiger partial charge in [0.2, 0.25) is 0 Å². The van der Waals surface area contributed by atoms with Crippen molar-refractivity contribution in [2.45, 2.75) is 68.3 Å². The minimum Gasteiger partial charge on any atom is -0.444 e. The van der Waals surface area contributed by atoms with Gasteiger partial charge in [-0.3, -0.25) is 0 Å². The van der Waals surface area contributed by atoms with Crippen molar-refractivity contribution in [3.63, 3.8) is 0 Å². The molecule has 0 radical (unpaired) electrons. The van der Waals surface area contributed by atoms with Crippen molar-refractivity contribution in [2.75, 3.05) is 13.1 Å². The molecule has 1 heterocycles. The van der Waals surface area contributed by atoms with Crippen molar-refractivity contribution in [1.82, 2.24) is 4.90 Å². The Hall–Kier alpha value is 0. The molecule has 4 heteroatoms. The number of hydrogen-bond donors (Lipinski definition) is 0. The zero-order chi connectivity index (χ0) is 14.6. The predicted octanol–water partition coefficient (Wildman–Crippen LogP) is 4.38. The average molecular weight is 391 g/mol. The third kappa shape index (κ3) is 2.95. The molecule has 4 aliphatic rings. The molecule has 0 aromatic rings. The Bertz CT molecular complexity index is 387. The predicted molar refractivity (Wildman–Crippen MR) is 88.2 cm³/mol. The van der Waals surface area contributed by atoms with E-state index in [1.165, 1.54) is 25.7 Å². The second kappa shape index (κ2) is 4.75. The fraction of sp³-hybridized carbons (Fsp3) is 0.938. The number of hydrogen-bond acceptors (Lipinski definition) is 2. The lowest BCUT2D eigenvalue weighted by Crippen LogP contribution is -2.63. The van der Waals surface area contributed by atoms with Gasteiger partial charge in [0.05, 0.1) is 0 Å². The number of likely N-dealkylation sites (tertiary alicyclic amines) is 1. The van der Waals surface area contributed by atoms with Crippen LogP contribution in [0.4, 0.5) is 4.79 Å². The number of rotatable bonds is 2. The molecule has 2 bridgehead atoms. The Morgan fingerprint density at radius 2 is 1.80 bits per heavy atom. The van der Waals surface area contributed by atoms with Crippen LogP contribution in [0.2, 0.25) is 0 Å². The van der Waals surface area contributed by atoms with Gasteiger partial charge >= 0.3 is 6.09 Å². The van der Waals surface area contributed by atoms with Gasteiger partial charge in [0.25, 0.3) is 0 Å². The van der Waals surface area contributed by atoms with Crippen LogP contribution in [0.5, 0.6) is 0 Å². The van der Waals surface area contributed by atoms with E-state index >= 15 is 0 Å². The van der Waals surface area contributed by atoms with Crippen LogP contribution >= 0.6 is 22.6 Å². The highest BCUT2D eigenvalue weighted by atomic mass is 127. The van der Waals surface area contributed by atoms with E-state index < -0.39 is 0 Å². The zero-order valence-electron chi connectivity index (χ0n) is 12.9. The molecule has 3 aliphatic carbocycles. The molecule has 3 nitrogen and oxygen atoms in total. The van der Waals surface area contributed by atoms with Crippen molar-refractivity contribution in [3.05, 3.63) is 0 Å². The van der Waals surface area contributed by atoms with Crippen LogP contribution in [0, 0.1) is 11.3 Å². The molecule has 0 aromatic heterocycles. The van der Waals surface area contributed by atoms with Gasteiger partial charge in [-0.15, -0.1) is 0 Å². The third-order valence-corrected chi connectivity index (χ3v) is 6.21. The maximum absolute atomic E-state index is 12.0. The molecular formula is C16H26INO2. The summed E-state index contributed by atoms with van der Waals surface area (Å²) in [5, 5.41) is 0. The van der Waals surface area contributed by atoms with E-state index in [0.29, 0.717) is 8.84 Å². The van der Waals surface area contributed by atoms with Crippen LogP contribution in [-0.4, -0.2) is 33.1 Å². The monoisotopic (exact) mass is 391 g/mol. The van der Waals surface area contributed by atoms with Crippen molar-refractivity contribution < 1.29 is 9.53 Å². The maximum atomic E-state index is 12.0. The second-order valence-electron chi connectivity index (χ2n) is 8.30. The fourth-order valence-electron chi connectivity index (χ4n) is 4.34. The highest BCUT2D eigenvalue weighted by molar-refractivity contribution is 14.1. The zero-order valence-corrected chi connectivity index (χ0v) is 15.0. The Labute approximate surface area is 135 Å². The van der Waals surface area contributed by atoms with Gasteiger partial charge in [-0.25, -0.2) is 4.79 Å². The number of piperidine rings is 1. The van der Waals surface area contributed by atoms with Gasteiger partial charge < -0.3 is 9.64 Å². The minimum absolute atomic E-state index is 0.132. The van der Waals surface area contributed by atoms with E-state index in [-0.39, 0.29) is 11.7 Å². The second-order valence-corrected chi connectivity index (χ2v) is 10.6. The lowest BCUT2D eigenvalue weighted by Gasteiger charge is -2.69. The van der Waals surface area contributed by atoms with Crippen molar-refractivity contribution in [3.8, 4) is 0 Å².